The van der Waals surface area contributed by atoms with Gasteiger partial charge in [0.2, 0.25) is 0 Å². The van der Waals surface area contributed by atoms with Gasteiger partial charge >= 0.3 is 0 Å². The van der Waals surface area contributed by atoms with Crippen molar-refractivity contribution in [2.24, 2.45) is 0 Å². The minimum absolute atomic E-state index is 0.338. The molecule has 3 heteroatoms. The van der Waals surface area contributed by atoms with Gasteiger partial charge in [-0.2, -0.15) is 0 Å². The second-order valence-electron chi connectivity index (χ2n) is 4.20. The highest BCUT2D eigenvalue weighted by atomic mass is 16.5. The van der Waals surface area contributed by atoms with E-state index in [2.05, 4.69) is 43.0 Å². The van der Waals surface area contributed by atoms with Crippen molar-refractivity contribution >= 4 is 0 Å². The highest BCUT2D eigenvalue weighted by Gasteiger charge is 2.13. The molecule has 0 heterocycles. The molecule has 0 aliphatic carbocycles. The number of hydrogen-bond donors (Lipinski definition) is 1. The van der Waals surface area contributed by atoms with Gasteiger partial charge < -0.3 is 15.0 Å². The number of hydrogen-bond acceptors (Lipinski definition) is 3. The first kappa shape index (κ1) is 13.7. The fourth-order valence-electron chi connectivity index (χ4n) is 1.77. The van der Waals surface area contributed by atoms with Crippen LogP contribution >= 0.6 is 0 Å². The Labute approximate surface area is 104 Å². The average Bonchev–Trinajstić information content (AvgIpc) is 2.34. The van der Waals surface area contributed by atoms with E-state index in [4.69, 9.17) is 4.74 Å². The van der Waals surface area contributed by atoms with E-state index in [-0.39, 0.29) is 0 Å². The van der Waals surface area contributed by atoms with Gasteiger partial charge in [0, 0.05) is 19.1 Å². The molecule has 0 radical (unpaired) electrons. The Kier molecular flexibility index (Phi) is 5.73. The molecule has 94 valence electrons. The number of likely N-dealkylation sites (N-methyl/N-ethyl adjacent to an activating group) is 1. The van der Waals surface area contributed by atoms with Crippen LogP contribution < -0.4 is 10.1 Å². The van der Waals surface area contributed by atoms with Gasteiger partial charge in [-0.1, -0.05) is 18.2 Å². The molecule has 1 N–H and O–H groups in total. The molecule has 0 saturated carbocycles. The highest BCUT2D eigenvalue weighted by molar-refractivity contribution is 5.30. The van der Waals surface area contributed by atoms with Crippen molar-refractivity contribution in [1.29, 1.82) is 0 Å². The van der Waals surface area contributed by atoms with Gasteiger partial charge in [-0.15, -0.1) is 6.58 Å². The number of rotatable bonds is 7. The lowest BCUT2D eigenvalue weighted by Crippen LogP contribution is -2.31. The van der Waals surface area contributed by atoms with E-state index < -0.39 is 0 Å². The topological polar surface area (TPSA) is 24.5 Å². The van der Waals surface area contributed by atoms with E-state index in [1.165, 1.54) is 5.56 Å². The summed E-state index contributed by atoms with van der Waals surface area (Å²) in [4.78, 5) is 2.20. The van der Waals surface area contributed by atoms with Gasteiger partial charge in [0.1, 0.15) is 5.75 Å². The van der Waals surface area contributed by atoms with Crippen LogP contribution in [0.25, 0.3) is 0 Å². The maximum atomic E-state index is 5.26. The number of methoxy groups -OCH3 is 1. The number of ether oxygens (including phenoxy) is 1. The zero-order valence-corrected chi connectivity index (χ0v) is 10.9. The van der Waals surface area contributed by atoms with Crippen LogP contribution in [0.1, 0.15) is 11.6 Å². The van der Waals surface area contributed by atoms with E-state index in [0.29, 0.717) is 6.04 Å². The smallest absolute Gasteiger partial charge is 0.119 e. The van der Waals surface area contributed by atoms with Crippen LogP contribution in [-0.2, 0) is 0 Å². The third-order valence-electron chi connectivity index (χ3n) is 2.73. The highest BCUT2D eigenvalue weighted by Crippen LogP contribution is 2.21. The summed E-state index contributed by atoms with van der Waals surface area (Å²) >= 11 is 0. The third-order valence-corrected chi connectivity index (χ3v) is 2.73. The monoisotopic (exact) mass is 234 g/mol. The minimum atomic E-state index is 0.338. The number of nitrogens with zero attached hydrogens (tertiary/aromatic N) is 1. The second kappa shape index (κ2) is 7.09. The van der Waals surface area contributed by atoms with E-state index in [0.717, 1.165) is 18.8 Å². The maximum Gasteiger partial charge on any atom is 0.119 e. The summed E-state index contributed by atoms with van der Waals surface area (Å²) in [5.41, 5.74) is 1.26. The Morgan fingerprint density at radius 2 is 2.24 bits per heavy atom. The second-order valence-corrected chi connectivity index (χ2v) is 4.20. The summed E-state index contributed by atoms with van der Waals surface area (Å²) in [5.74, 6) is 0.901. The molecule has 0 amide bonds. The molecule has 0 spiro atoms. The van der Waals surface area contributed by atoms with Gasteiger partial charge in [-0.05, 0) is 31.8 Å². The normalized spacial score (nSPS) is 12.5. The maximum absolute atomic E-state index is 5.26. The zero-order chi connectivity index (χ0) is 12.7. The largest absolute Gasteiger partial charge is 0.497 e. The molecule has 0 fully saturated rings. The SMILES string of the molecule is C=CCNCC(c1cccc(OC)c1)N(C)C. The first-order chi connectivity index (χ1) is 8.19. The first-order valence-corrected chi connectivity index (χ1v) is 5.81. The van der Waals surface area contributed by atoms with Crippen LogP contribution in [-0.4, -0.2) is 39.2 Å². The van der Waals surface area contributed by atoms with Crippen LogP contribution in [0.5, 0.6) is 5.75 Å². The van der Waals surface area contributed by atoms with Gasteiger partial charge in [0.15, 0.2) is 0 Å². The summed E-state index contributed by atoms with van der Waals surface area (Å²) < 4.78 is 5.26. The fraction of sp³-hybridized carbons (Fsp3) is 0.429. The van der Waals surface area contributed by atoms with Crippen molar-refractivity contribution < 1.29 is 4.74 Å². The predicted molar refractivity (Wildman–Crippen MR) is 72.5 cm³/mol. The molecular formula is C14H22N2O. The van der Waals surface area contributed by atoms with Crippen molar-refractivity contribution in [3.63, 3.8) is 0 Å². The lowest BCUT2D eigenvalue weighted by Gasteiger charge is -2.25. The zero-order valence-electron chi connectivity index (χ0n) is 10.9. The molecule has 1 aromatic rings. The molecule has 0 aromatic heterocycles. The van der Waals surface area contributed by atoms with Crippen molar-refractivity contribution in [2.45, 2.75) is 6.04 Å². The van der Waals surface area contributed by atoms with Crippen LogP contribution in [0.15, 0.2) is 36.9 Å². The number of nitrogens with one attached hydrogen (secondary N) is 1. The van der Waals surface area contributed by atoms with E-state index in [1.54, 1.807) is 7.11 Å². The molecule has 17 heavy (non-hydrogen) atoms. The minimum Gasteiger partial charge on any atom is -0.497 e. The van der Waals surface area contributed by atoms with E-state index in [9.17, 15) is 0 Å². The molecule has 0 aliphatic heterocycles. The molecule has 3 nitrogen and oxygen atoms in total. The Bertz CT molecular complexity index is 350. The Morgan fingerprint density at radius 1 is 1.47 bits per heavy atom. The van der Waals surface area contributed by atoms with Gasteiger partial charge in [-0.3, -0.25) is 0 Å². The lowest BCUT2D eigenvalue weighted by molar-refractivity contribution is 0.290. The summed E-state index contributed by atoms with van der Waals surface area (Å²) in [7, 11) is 5.86. The summed E-state index contributed by atoms with van der Waals surface area (Å²) in [6, 6.07) is 8.54. The van der Waals surface area contributed by atoms with E-state index >= 15 is 0 Å². The van der Waals surface area contributed by atoms with Crippen molar-refractivity contribution in [3.05, 3.63) is 42.5 Å². The van der Waals surface area contributed by atoms with Crippen LogP contribution in [0.4, 0.5) is 0 Å². The predicted octanol–water partition coefficient (Wildman–Crippen LogP) is 2.07. The van der Waals surface area contributed by atoms with Crippen LogP contribution in [0, 0.1) is 0 Å². The summed E-state index contributed by atoms with van der Waals surface area (Å²) in [6.45, 7) is 5.43. The third kappa shape index (κ3) is 4.21. The molecule has 1 unspecified atom stereocenters. The van der Waals surface area contributed by atoms with Crippen molar-refractivity contribution in [3.8, 4) is 5.75 Å². The summed E-state index contributed by atoms with van der Waals surface area (Å²) in [6.07, 6.45) is 1.87. The van der Waals surface area contributed by atoms with Crippen molar-refractivity contribution in [2.75, 3.05) is 34.3 Å². The molecule has 0 aliphatic rings. The molecule has 0 saturated heterocycles. The summed E-state index contributed by atoms with van der Waals surface area (Å²) in [5, 5.41) is 3.35. The first-order valence-electron chi connectivity index (χ1n) is 5.81. The molecule has 1 atom stereocenters. The van der Waals surface area contributed by atoms with Crippen molar-refractivity contribution in [1.82, 2.24) is 10.2 Å². The standard InChI is InChI=1S/C14H22N2O/c1-5-9-15-11-14(16(2)3)12-7-6-8-13(10-12)17-4/h5-8,10,14-15H,1,9,11H2,2-4H3. The molecular weight excluding hydrogens is 212 g/mol. The molecule has 0 bridgehead atoms. The van der Waals surface area contributed by atoms with Gasteiger partial charge in [0.25, 0.3) is 0 Å². The Morgan fingerprint density at radius 3 is 2.82 bits per heavy atom. The Hall–Kier alpha value is -1.32. The van der Waals surface area contributed by atoms with Crippen LogP contribution in [0.2, 0.25) is 0 Å². The lowest BCUT2D eigenvalue weighted by atomic mass is 10.1. The molecule has 1 rings (SSSR count). The van der Waals surface area contributed by atoms with Gasteiger partial charge in [-0.25, -0.2) is 0 Å². The quantitative estimate of drug-likeness (QED) is 0.577. The Balaban J connectivity index is 2.77. The number of benzene rings is 1. The van der Waals surface area contributed by atoms with Gasteiger partial charge in [0.05, 0.1) is 7.11 Å². The molecule has 1 aromatic carbocycles. The van der Waals surface area contributed by atoms with Crippen LogP contribution in [0.3, 0.4) is 0 Å². The van der Waals surface area contributed by atoms with E-state index in [1.807, 2.05) is 18.2 Å². The average molecular weight is 234 g/mol. The fourth-order valence-corrected chi connectivity index (χ4v) is 1.77.